The van der Waals surface area contributed by atoms with E-state index in [9.17, 15) is 13.2 Å². The van der Waals surface area contributed by atoms with Crippen molar-refractivity contribution in [2.45, 2.75) is 36.8 Å². The number of hydrogen-bond donors (Lipinski definition) is 1. The molecule has 0 bridgehead atoms. The first-order chi connectivity index (χ1) is 9.94. The number of carbonyl (C=O) groups excluding carboxylic acids is 1. The van der Waals surface area contributed by atoms with Gasteiger partial charge in [0.05, 0.1) is 23.7 Å². The molecule has 21 heavy (non-hydrogen) atoms. The molecule has 1 aromatic carbocycles. The summed E-state index contributed by atoms with van der Waals surface area (Å²) in [6.45, 7) is 2.43. The molecule has 7 heteroatoms. The molecule has 1 aliphatic heterocycles. The van der Waals surface area contributed by atoms with E-state index in [1.807, 2.05) is 6.92 Å². The van der Waals surface area contributed by atoms with Gasteiger partial charge < -0.3 is 9.47 Å². The zero-order chi connectivity index (χ0) is 15.5. The fourth-order valence-electron chi connectivity index (χ4n) is 2.37. The number of esters is 1. The van der Waals surface area contributed by atoms with Crippen molar-refractivity contribution in [3.63, 3.8) is 0 Å². The molecule has 116 valence electrons. The van der Waals surface area contributed by atoms with E-state index in [0.717, 1.165) is 0 Å². The van der Waals surface area contributed by atoms with Crippen LogP contribution in [0.1, 0.15) is 30.1 Å². The summed E-state index contributed by atoms with van der Waals surface area (Å²) >= 11 is 0. The van der Waals surface area contributed by atoms with Crippen LogP contribution in [0.25, 0.3) is 0 Å². The van der Waals surface area contributed by atoms with Gasteiger partial charge in [0.1, 0.15) is 0 Å². The third kappa shape index (κ3) is 3.81. The summed E-state index contributed by atoms with van der Waals surface area (Å²) in [4.78, 5) is 11.6. The second-order valence-corrected chi connectivity index (χ2v) is 6.69. The molecule has 2 rings (SSSR count). The van der Waals surface area contributed by atoms with Crippen LogP contribution in [0, 0.1) is 0 Å². The summed E-state index contributed by atoms with van der Waals surface area (Å²) in [6.07, 6.45) is 1.24. The van der Waals surface area contributed by atoms with Gasteiger partial charge in [0.15, 0.2) is 0 Å². The van der Waals surface area contributed by atoms with E-state index in [1.54, 1.807) is 12.1 Å². The van der Waals surface area contributed by atoms with Crippen LogP contribution in [-0.4, -0.2) is 40.2 Å². The highest BCUT2D eigenvalue weighted by Gasteiger charge is 2.28. The van der Waals surface area contributed by atoms with E-state index in [4.69, 9.17) is 4.74 Å². The Morgan fingerprint density at radius 1 is 1.38 bits per heavy atom. The number of ether oxygens (including phenoxy) is 2. The molecule has 0 radical (unpaired) electrons. The zero-order valence-corrected chi connectivity index (χ0v) is 12.9. The lowest BCUT2D eigenvalue weighted by Crippen LogP contribution is -2.41. The van der Waals surface area contributed by atoms with Crippen LogP contribution in [-0.2, 0) is 19.5 Å². The second kappa shape index (κ2) is 6.55. The molecule has 1 aliphatic rings. The van der Waals surface area contributed by atoms with Gasteiger partial charge in [-0.3, -0.25) is 0 Å². The normalized spacial score (nSPS) is 22.8. The van der Waals surface area contributed by atoms with Crippen LogP contribution in [0.4, 0.5) is 0 Å². The predicted molar refractivity (Wildman–Crippen MR) is 76.5 cm³/mol. The van der Waals surface area contributed by atoms with Gasteiger partial charge >= 0.3 is 5.97 Å². The third-order valence-corrected chi connectivity index (χ3v) is 4.97. The minimum atomic E-state index is -3.78. The summed E-state index contributed by atoms with van der Waals surface area (Å²) in [5.74, 6) is -0.670. The van der Waals surface area contributed by atoms with Crippen LogP contribution < -0.4 is 4.72 Å². The highest BCUT2D eigenvalue weighted by atomic mass is 32.2. The molecule has 2 unspecified atom stereocenters. The average Bonchev–Trinajstić information content (AvgIpc) is 2.46. The van der Waals surface area contributed by atoms with Gasteiger partial charge in [0, 0.05) is 12.6 Å². The van der Waals surface area contributed by atoms with Crippen LogP contribution in [0.15, 0.2) is 29.2 Å². The Bertz CT molecular complexity index is 614. The Kier molecular flexibility index (Phi) is 4.97. The van der Waals surface area contributed by atoms with E-state index in [0.29, 0.717) is 19.4 Å². The molecule has 1 N–H and O–H groups in total. The number of hydrogen-bond acceptors (Lipinski definition) is 5. The molecule has 0 saturated carbocycles. The summed E-state index contributed by atoms with van der Waals surface area (Å²) < 4.78 is 37.6. The molecule has 0 aliphatic carbocycles. The first kappa shape index (κ1) is 15.9. The number of sulfonamides is 1. The van der Waals surface area contributed by atoms with Gasteiger partial charge in [-0.2, -0.15) is 0 Å². The van der Waals surface area contributed by atoms with Gasteiger partial charge in [0.2, 0.25) is 10.0 Å². The van der Waals surface area contributed by atoms with Crippen LogP contribution in [0.2, 0.25) is 0 Å². The van der Waals surface area contributed by atoms with Gasteiger partial charge in [0.25, 0.3) is 0 Å². The quantitative estimate of drug-likeness (QED) is 0.848. The summed E-state index contributed by atoms with van der Waals surface area (Å²) in [7, 11) is -2.55. The lowest BCUT2D eigenvalue weighted by molar-refractivity contribution is 0.0173. The van der Waals surface area contributed by atoms with E-state index in [-0.39, 0.29) is 22.6 Å². The van der Waals surface area contributed by atoms with Crippen molar-refractivity contribution in [3.8, 4) is 0 Å². The first-order valence-corrected chi connectivity index (χ1v) is 8.23. The van der Waals surface area contributed by atoms with E-state index in [1.165, 1.54) is 19.2 Å². The average molecular weight is 313 g/mol. The maximum atomic E-state index is 12.5. The topological polar surface area (TPSA) is 81.7 Å². The van der Waals surface area contributed by atoms with Gasteiger partial charge in [-0.1, -0.05) is 12.1 Å². The van der Waals surface area contributed by atoms with Crippen molar-refractivity contribution >= 4 is 16.0 Å². The molecule has 0 spiro atoms. The minimum Gasteiger partial charge on any atom is -0.465 e. The smallest absolute Gasteiger partial charge is 0.339 e. The van der Waals surface area contributed by atoms with Crippen molar-refractivity contribution in [1.82, 2.24) is 4.72 Å². The largest absolute Gasteiger partial charge is 0.465 e. The molecular formula is C14H19NO5S. The van der Waals surface area contributed by atoms with Crippen molar-refractivity contribution in [2.75, 3.05) is 13.7 Å². The van der Waals surface area contributed by atoms with Crippen LogP contribution in [0.5, 0.6) is 0 Å². The Labute approximate surface area is 124 Å². The molecule has 1 saturated heterocycles. The van der Waals surface area contributed by atoms with Gasteiger partial charge in [-0.25, -0.2) is 17.9 Å². The molecule has 1 aromatic rings. The Hall–Kier alpha value is -1.44. The zero-order valence-electron chi connectivity index (χ0n) is 12.0. The lowest BCUT2D eigenvalue weighted by atomic mass is 10.1. The van der Waals surface area contributed by atoms with Crippen molar-refractivity contribution in [2.24, 2.45) is 0 Å². The number of carbonyl (C=O) groups is 1. The first-order valence-electron chi connectivity index (χ1n) is 6.75. The fourth-order valence-corrected chi connectivity index (χ4v) is 3.85. The maximum absolute atomic E-state index is 12.5. The summed E-state index contributed by atoms with van der Waals surface area (Å²) in [6, 6.07) is 5.82. The Morgan fingerprint density at radius 3 is 2.76 bits per heavy atom. The molecule has 1 heterocycles. The summed E-state index contributed by atoms with van der Waals surface area (Å²) in [5, 5.41) is 0. The van der Waals surface area contributed by atoms with E-state index < -0.39 is 16.0 Å². The standard InChI is InChI=1S/C14H19NO5S/c1-10-9-11(7-8-20-10)15-21(17,18)13-6-4-3-5-12(13)14(16)19-2/h3-6,10-11,15H,7-9H2,1-2H3. The second-order valence-electron chi connectivity index (χ2n) is 5.01. The Balaban J connectivity index is 2.25. The predicted octanol–water partition coefficient (Wildman–Crippen LogP) is 1.32. The van der Waals surface area contributed by atoms with E-state index >= 15 is 0 Å². The highest BCUT2D eigenvalue weighted by Crippen LogP contribution is 2.20. The SMILES string of the molecule is COC(=O)c1ccccc1S(=O)(=O)NC1CCOC(C)C1. The fraction of sp³-hybridized carbons (Fsp3) is 0.500. The number of nitrogens with one attached hydrogen (secondary N) is 1. The van der Waals surface area contributed by atoms with Crippen molar-refractivity contribution < 1.29 is 22.7 Å². The van der Waals surface area contributed by atoms with Crippen molar-refractivity contribution in [3.05, 3.63) is 29.8 Å². The summed E-state index contributed by atoms with van der Waals surface area (Å²) in [5.41, 5.74) is 0.0348. The molecule has 0 amide bonds. The van der Waals surface area contributed by atoms with Gasteiger partial charge in [-0.05, 0) is 31.9 Å². The molecule has 0 aromatic heterocycles. The van der Waals surface area contributed by atoms with Crippen molar-refractivity contribution in [1.29, 1.82) is 0 Å². The third-order valence-electron chi connectivity index (χ3n) is 3.39. The highest BCUT2D eigenvalue weighted by molar-refractivity contribution is 7.89. The van der Waals surface area contributed by atoms with Gasteiger partial charge in [-0.15, -0.1) is 0 Å². The maximum Gasteiger partial charge on any atom is 0.339 e. The number of benzene rings is 1. The lowest BCUT2D eigenvalue weighted by Gasteiger charge is -2.27. The minimum absolute atomic E-state index is 0.0160. The number of methoxy groups -OCH3 is 1. The molecule has 1 fully saturated rings. The van der Waals surface area contributed by atoms with E-state index in [2.05, 4.69) is 9.46 Å². The molecular weight excluding hydrogens is 294 g/mol. The van der Waals surface area contributed by atoms with Crippen LogP contribution >= 0.6 is 0 Å². The Morgan fingerprint density at radius 2 is 2.10 bits per heavy atom. The molecule has 6 nitrogen and oxygen atoms in total. The van der Waals surface area contributed by atoms with Crippen LogP contribution in [0.3, 0.4) is 0 Å². The monoisotopic (exact) mass is 313 g/mol. The molecule has 2 atom stereocenters. The number of rotatable bonds is 4.